The summed E-state index contributed by atoms with van der Waals surface area (Å²) in [6, 6.07) is 11.2. The Bertz CT molecular complexity index is 852. The summed E-state index contributed by atoms with van der Waals surface area (Å²) in [5, 5.41) is 3.31. The number of hydrogen-bond donors (Lipinski definition) is 2. The average Bonchev–Trinajstić information content (AvgIpc) is 3.06. The minimum absolute atomic E-state index is 0.373. The van der Waals surface area contributed by atoms with Crippen LogP contribution in [-0.4, -0.2) is 42.1 Å². The second kappa shape index (κ2) is 8.90. The van der Waals surface area contributed by atoms with E-state index in [0.29, 0.717) is 16.9 Å². The van der Waals surface area contributed by atoms with Gasteiger partial charge in [-0.25, -0.2) is 4.98 Å². The Morgan fingerprint density at radius 2 is 1.70 bits per heavy atom. The molecule has 0 aliphatic carbocycles. The molecular formula is C20H25F3N4. The predicted octanol–water partition coefficient (Wildman–Crippen LogP) is 5.25. The summed E-state index contributed by atoms with van der Waals surface area (Å²) in [5.74, 6) is 0.550. The summed E-state index contributed by atoms with van der Waals surface area (Å²) in [5.41, 5.74) is 2.01. The number of aromatic nitrogens is 2. The third-order valence-corrected chi connectivity index (χ3v) is 3.86. The molecule has 0 spiro atoms. The van der Waals surface area contributed by atoms with Crippen molar-refractivity contribution >= 4 is 16.7 Å². The third kappa shape index (κ3) is 5.47. The number of rotatable bonds is 5. The highest BCUT2D eigenvalue weighted by Crippen LogP contribution is 2.31. The monoisotopic (exact) mass is 378 g/mol. The van der Waals surface area contributed by atoms with Crippen LogP contribution in [0.4, 0.5) is 18.9 Å². The van der Waals surface area contributed by atoms with E-state index in [1.165, 1.54) is 6.07 Å². The van der Waals surface area contributed by atoms with Crippen molar-refractivity contribution in [3.8, 4) is 11.4 Å². The van der Waals surface area contributed by atoms with Gasteiger partial charge in [-0.05, 0) is 56.6 Å². The van der Waals surface area contributed by atoms with Crippen LogP contribution in [0.25, 0.3) is 22.4 Å². The zero-order valence-electron chi connectivity index (χ0n) is 16.0. The molecule has 3 aromatic rings. The van der Waals surface area contributed by atoms with Crippen molar-refractivity contribution in [1.82, 2.24) is 14.9 Å². The van der Waals surface area contributed by atoms with Gasteiger partial charge < -0.3 is 15.2 Å². The van der Waals surface area contributed by atoms with Gasteiger partial charge in [-0.3, -0.25) is 0 Å². The van der Waals surface area contributed by atoms with Crippen molar-refractivity contribution in [2.45, 2.75) is 20.0 Å². The van der Waals surface area contributed by atoms with Gasteiger partial charge in [0.25, 0.3) is 0 Å². The van der Waals surface area contributed by atoms with Gasteiger partial charge in [-0.15, -0.1) is 0 Å². The van der Waals surface area contributed by atoms with Gasteiger partial charge in [0.2, 0.25) is 0 Å². The molecule has 0 unspecified atom stereocenters. The van der Waals surface area contributed by atoms with Crippen molar-refractivity contribution in [3.63, 3.8) is 0 Å². The summed E-state index contributed by atoms with van der Waals surface area (Å²) < 4.78 is 38.4. The van der Waals surface area contributed by atoms with Gasteiger partial charge in [0, 0.05) is 24.3 Å². The number of benzene rings is 2. The smallest absolute Gasteiger partial charge is 0.384 e. The highest BCUT2D eigenvalue weighted by Gasteiger charge is 2.30. The van der Waals surface area contributed by atoms with Crippen molar-refractivity contribution in [2.75, 3.05) is 32.5 Å². The molecule has 2 aromatic carbocycles. The summed E-state index contributed by atoms with van der Waals surface area (Å²) in [4.78, 5) is 9.42. The SMILES string of the molecule is CC.CN(C)CCNc1ccc(-c2nc3ccc(C(F)(F)F)cc3[nH]2)cc1. The quantitative estimate of drug-likeness (QED) is 0.637. The van der Waals surface area contributed by atoms with Crippen molar-refractivity contribution in [1.29, 1.82) is 0 Å². The highest BCUT2D eigenvalue weighted by molar-refractivity contribution is 5.80. The molecule has 7 heteroatoms. The highest BCUT2D eigenvalue weighted by atomic mass is 19.4. The van der Waals surface area contributed by atoms with Crippen LogP contribution >= 0.6 is 0 Å². The maximum atomic E-state index is 12.8. The van der Waals surface area contributed by atoms with E-state index in [1.54, 1.807) is 0 Å². The first-order chi connectivity index (χ1) is 12.8. The Hall–Kier alpha value is -2.54. The van der Waals surface area contributed by atoms with Crippen LogP contribution in [0, 0.1) is 0 Å². The Labute approximate surface area is 157 Å². The topological polar surface area (TPSA) is 44.0 Å². The Balaban J connectivity index is 0.00000126. The molecule has 1 aromatic heterocycles. The summed E-state index contributed by atoms with van der Waals surface area (Å²) in [6.45, 7) is 5.75. The van der Waals surface area contributed by atoms with Crippen LogP contribution in [0.3, 0.4) is 0 Å². The van der Waals surface area contributed by atoms with E-state index in [4.69, 9.17) is 0 Å². The van der Waals surface area contributed by atoms with Crippen molar-refractivity contribution in [2.24, 2.45) is 0 Å². The van der Waals surface area contributed by atoms with Crippen LogP contribution in [0.15, 0.2) is 42.5 Å². The standard InChI is InChI=1S/C18H19F3N4.C2H6/c1-25(2)10-9-22-14-6-3-12(4-7-14)17-23-15-8-5-13(18(19,20)21)11-16(15)24-17;1-2/h3-8,11,22H,9-10H2,1-2H3,(H,23,24);1-2H3. The van der Waals surface area contributed by atoms with Gasteiger partial charge >= 0.3 is 6.18 Å². The van der Waals surface area contributed by atoms with Gasteiger partial charge in [-0.2, -0.15) is 13.2 Å². The minimum atomic E-state index is -4.36. The van der Waals surface area contributed by atoms with E-state index in [9.17, 15) is 13.2 Å². The number of likely N-dealkylation sites (N-methyl/N-ethyl adjacent to an activating group) is 1. The number of aromatic amines is 1. The second-order valence-electron chi connectivity index (χ2n) is 6.12. The number of nitrogens with zero attached hydrogens (tertiary/aromatic N) is 2. The van der Waals surface area contributed by atoms with Crippen LogP contribution < -0.4 is 5.32 Å². The predicted molar refractivity (Wildman–Crippen MR) is 105 cm³/mol. The molecule has 1 heterocycles. The minimum Gasteiger partial charge on any atom is -0.384 e. The zero-order chi connectivity index (χ0) is 20.0. The summed E-state index contributed by atoms with van der Waals surface area (Å²) in [7, 11) is 4.02. The molecule has 0 bridgehead atoms. The van der Waals surface area contributed by atoms with Crippen LogP contribution in [-0.2, 0) is 6.18 Å². The van der Waals surface area contributed by atoms with Crippen molar-refractivity contribution in [3.05, 3.63) is 48.0 Å². The van der Waals surface area contributed by atoms with Crippen LogP contribution in [0.2, 0.25) is 0 Å². The molecule has 2 N–H and O–H groups in total. The first-order valence-corrected chi connectivity index (χ1v) is 8.89. The lowest BCUT2D eigenvalue weighted by atomic mass is 10.2. The zero-order valence-corrected chi connectivity index (χ0v) is 16.0. The summed E-state index contributed by atoms with van der Waals surface area (Å²) >= 11 is 0. The van der Waals surface area contributed by atoms with E-state index in [2.05, 4.69) is 20.2 Å². The number of fused-ring (bicyclic) bond motifs is 1. The first kappa shape index (κ1) is 20.8. The van der Waals surface area contributed by atoms with E-state index in [-0.39, 0.29) is 0 Å². The molecule has 0 fully saturated rings. The average molecular weight is 378 g/mol. The number of hydrogen-bond acceptors (Lipinski definition) is 3. The van der Waals surface area contributed by atoms with E-state index in [0.717, 1.165) is 36.5 Å². The molecule has 27 heavy (non-hydrogen) atoms. The molecule has 0 aliphatic heterocycles. The molecule has 0 saturated carbocycles. The van der Waals surface area contributed by atoms with Gasteiger partial charge in [0.15, 0.2) is 0 Å². The van der Waals surface area contributed by atoms with Crippen LogP contribution in [0.5, 0.6) is 0 Å². The molecule has 4 nitrogen and oxygen atoms in total. The Morgan fingerprint density at radius 1 is 1.04 bits per heavy atom. The molecule has 3 rings (SSSR count). The Morgan fingerprint density at radius 3 is 2.30 bits per heavy atom. The van der Waals surface area contributed by atoms with E-state index in [1.807, 2.05) is 52.2 Å². The molecule has 0 radical (unpaired) electrons. The number of H-pyrrole nitrogens is 1. The number of nitrogens with one attached hydrogen (secondary N) is 2. The van der Waals surface area contributed by atoms with E-state index >= 15 is 0 Å². The number of anilines is 1. The largest absolute Gasteiger partial charge is 0.416 e. The van der Waals surface area contributed by atoms with E-state index < -0.39 is 11.7 Å². The van der Waals surface area contributed by atoms with Gasteiger partial charge in [0.05, 0.1) is 16.6 Å². The number of imidazole rings is 1. The fourth-order valence-electron chi connectivity index (χ4n) is 2.49. The third-order valence-electron chi connectivity index (χ3n) is 3.86. The fraction of sp³-hybridized carbons (Fsp3) is 0.350. The van der Waals surface area contributed by atoms with Crippen molar-refractivity contribution < 1.29 is 13.2 Å². The number of alkyl halides is 3. The molecule has 0 amide bonds. The molecule has 0 atom stereocenters. The Kier molecular flexibility index (Phi) is 6.85. The van der Waals surface area contributed by atoms with Crippen LogP contribution in [0.1, 0.15) is 19.4 Å². The molecule has 0 aliphatic rings. The second-order valence-corrected chi connectivity index (χ2v) is 6.12. The molecule has 146 valence electrons. The van der Waals surface area contributed by atoms with Gasteiger partial charge in [-0.1, -0.05) is 13.8 Å². The van der Waals surface area contributed by atoms with Gasteiger partial charge in [0.1, 0.15) is 5.82 Å². The summed E-state index contributed by atoms with van der Waals surface area (Å²) in [6.07, 6.45) is -4.36. The molecule has 0 saturated heterocycles. The lowest BCUT2D eigenvalue weighted by Crippen LogP contribution is -2.20. The maximum Gasteiger partial charge on any atom is 0.416 e. The lowest BCUT2D eigenvalue weighted by Gasteiger charge is -2.11. The fourth-order valence-corrected chi connectivity index (χ4v) is 2.49. The maximum absolute atomic E-state index is 12.8. The normalized spacial score (nSPS) is 11.4. The molecular weight excluding hydrogens is 353 g/mol. The lowest BCUT2D eigenvalue weighted by molar-refractivity contribution is -0.137. The number of halogens is 3. The first-order valence-electron chi connectivity index (χ1n) is 8.89.